The highest BCUT2D eigenvalue weighted by Gasteiger charge is 2.35. The Labute approximate surface area is 160 Å². The third-order valence-electron chi connectivity index (χ3n) is 4.90. The normalized spacial score (nSPS) is 19.7. The van der Waals surface area contributed by atoms with Gasteiger partial charge in [-0.15, -0.1) is 10.2 Å². The van der Waals surface area contributed by atoms with E-state index in [1.165, 1.54) is 21.1 Å². The van der Waals surface area contributed by atoms with Gasteiger partial charge in [-0.25, -0.2) is 5.06 Å². The van der Waals surface area contributed by atoms with E-state index in [1.54, 1.807) is 18.2 Å². The lowest BCUT2D eigenvalue weighted by molar-refractivity contribution is -0.284. The Balaban J connectivity index is 1.47. The fourth-order valence-corrected chi connectivity index (χ4v) is 3.36. The molecule has 1 aliphatic carbocycles. The molecule has 1 atom stereocenters. The van der Waals surface area contributed by atoms with Crippen molar-refractivity contribution in [1.82, 2.24) is 25.3 Å². The van der Waals surface area contributed by atoms with Gasteiger partial charge in [-0.05, 0) is 41.0 Å². The average Bonchev–Trinajstić information content (AvgIpc) is 3.15. The van der Waals surface area contributed by atoms with Crippen LogP contribution >= 0.6 is 11.6 Å². The molecule has 0 amide bonds. The molecule has 0 bridgehead atoms. The Bertz CT molecular complexity index is 792. The molecule has 1 saturated carbocycles. The molecule has 1 aromatic carbocycles. The molecule has 1 aromatic heterocycles. The van der Waals surface area contributed by atoms with Crippen molar-refractivity contribution in [2.45, 2.75) is 31.7 Å². The Morgan fingerprint density at radius 2 is 2.15 bits per heavy atom. The van der Waals surface area contributed by atoms with E-state index in [9.17, 15) is 9.90 Å². The molecule has 1 saturated heterocycles. The first-order valence-corrected chi connectivity index (χ1v) is 9.05. The van der Waals surface area contributed by atoms with Crippen molar-refractivity contribution >= 4 is 23.3 Å². The number of aromatic nitrogens is 4. The number of benzene rings is 1. The quantitative estimate of drug-likeness (QED) is 0.785. The minimum absolute atomic E-state index is 0.00868. The predicted octanol–water partition coefficient (Wildman–Crippen LogP) is 1.86. The Morgan fingerprint density at radius 3 is 2.74 bits per heavy atom. The summed E-state index contributed by atoms with van der Waals surface area (Å²) in [7, 11) is 0. The molecule has 1 unspecified atom stereocenters. The van der Waals surface area contributed by atoms with Gasteiger partial charge in [-0.2, -0.15) is 4.68 Å². The van der Waals surface area contributed by atoms with Crippen LogP contribution in [-0.4, -0.2) is 55.8 Å². The number of rotatable bonds is 6. The van der Waals surface area contributed by atoms with Gasteiger partial charge in [0.25, 0.3) is 0 Å². The van der Waals surface area contributed by atoms with E-state index in [1.807, 2.05) is 0 Å². The standard InChI is InChI=1S/C16H19ClN6O4/c17-12-4-5-13(21-8-18-19-20-21)14(7-12)22-9-27-23(10-26-22)15(16(24)25)6-11-2-1-3-11/h4-5,7-8,11,15H,1-3,6,9-10H2,(H,24,25). The fraction of sp³-hybridized carbons (Fsp3) is 0.500. The molecule has 2 aliphatic rings. The SMILES string of the molecule is O=C(O)C(CC1CCC1)N1CON(c2cc(Cl)ccc2-n2cnnn2)CO1. The maximum atomic E-state index is 11.6. The molecule has 1 N–H and O–H groups in total. The van der Waals surface area contributed by atoms with Gasteiger partial charge in [0.2, 0.25) is 0 Å². The van der Waals surface area contributed by atoms with Crippen molar-refractivity contribution in [3.8, 4) is 5.69 Å². The lowest BCUT2D eigenvalue weighted by Gasteiger charge is -2.39. The summed E-state index contributed by atoms with van der Waals surface area (Å²) in [5, 5.41) is 24.1. The molecule has 1 aliphatic heterocycles. The van der Waals surface area contributed by atoms with E-state index in [2.05, 4.69) is 15.5 Å². The maximum Gasteiger partial charge on any atom is 0.323 e. The summed E-state index contributed by atoms with van der Waals surface area (Å²) in [5.74, 6) is -0.469. The van der Waals surface area contributed by atoms with Crippen molar-refractivity contribution in [2.75, 3.05) is 18.5 Å². The van der Waals surface area contributed by atoms with Crippen LogP contribution in [0.15, 0.2) is 24.5 Å². The molecular formula is C16H19ClN6O4. The first-order chi connectivity index (χ1) is 13.1. The van der Waals surface area contributed by atoms with E-state index in [-0.39, 0.29) is 13.5 Å². The van der Waals surface area contributed by atoms with Crippen LogP contribution < -0.4 is 5.06 Å². The number of carboxylic acids is 1. The molecular weight excluding hydrogens is 376 g/mol. The Kier molecular flexibility index (Phi) is 5.21. The molecule has 27 heavy (non-hydrogen) atoms. The summed E-state index contributed by atoms with van der Waals surface area (Å²) in [6.45, 7) is 0.00909. The number of halogens is 1. The second-order valence-corrected chi connectivity index (χ2v) is 7.02. The van der Waals surface area contributed by atoms with Crippen molar-refractivity contribution < 1.29 is 19.6 Å². The number of hydroxylamine groups is 3. The third-order valence-corrected chi connectivity index (χ3v) is 5.13. The first-order valence-electron chi connectivity index (χ1n) is 8.67. The summed E-state index contributed by atoms with van der Waals surface area (Å²) < 4.78 is 1.48. The van der Waals surface area contributed by atoms with Gasteiger partial charge in [-0.1, -0.05) is 30.9 Å². The highest BCUT2D eigenvalue weighted by molar-refractivity contribution is 6.31. The molecule has 11 heteroatoms. The lowest BCUT2D eigenvalue weighted by Crippen LogP contribution is -2.51. The number of nitrogens with zero attached hydrogens (tertiary/aromatic N) is 6. The topological polar surface area (TPSA) is 106 Å². The summed E-state index contributed by atoms with van der Waals surface area (Å²) in [6, 6.07) is 4.47. The predicted molar refractivity (Wildman–Crippen MR) is 93.8 cm³/mol. The molecule has 4 rings (SSSR count). The molecule has 2 fully saturated rings. The number of tetrazole rings is 1. The zero-order chi connectivity index (χ0) is 18.8. The zero-order valence-electron chi connectivity index (χ0n) is 14.4. The molecule has 0 radical (unpaired) electrons. The lowest BCUT2D eigenvalue weighted by atomic mass is 9.81. The highest BCUT2D eigenvalue weighted by atomic mass is 35.5. The van der Waals surface area contributed by atoms with Crippen LogP contribution in [0.25, 0.3) is 5.69 Å². The molecule has 10 nitrogen and oxygen atoms in total. The van der Waals surface area contributed by atoms with Gasteiger partial charge in [0, 0.05) is 5.02 Å². The number of hydrogen-bond acceptors (Lipinski definition) is 8. The van der Waals surface area contributed by atoms with E-state index >= 15 is 0 Å². The maximum absolute atomic E-state index is 11.6. The number of aliphatic carboxylic acids is 1. The van der Waals surface area contributed by atoms with Crippen LogP contribution in [0.4, 0.5) is 5.69 Å². The van der Waals surface area contributed by atoms with Gasteiger partial charge in [0.05, 0.1) is 11.4 Å². The van der Waals surface area contributed by atoms with Crippen LogP contribution in [0.3, 0.4) is 0 Å². The third kappa shape index (κ3) is 3.88. The van der Waals surface area contributed by atoms with Crippen molar-refractivity contribution in [2.24, 2.45) is 5.92 Å². The van der Waals surface area contributed by atoms with E-state index in [0.29, 0.717) is 28.7 Å². The molecule has 2 heterocycles. The summed E-state index contributed by atoms with van der Waals surface area (Å²) in [6.07, 6.45) is 5.33. The monoisotopic (exact) mass is 394 g/mol. The van der Waals surface area contributed by atoms with Crippen molar-refractivity contribution in [3.63, 3.8) is 0 Å². The number of carbonyl (C=O) groups is 1. The summed E-state index contributed by atoms with van der Waals surface area (Å²) in [4.78, 5) is 23.1. The van der Waals surface area contributed by atoms with Crippen molar-refractivity contribution in [3.05, 3.63) is 29.5 Å². The number of carboxylic acid groups (broad SMARTS) is 1. The van der Waals surface area contributed by atoms with E-state index in [0.717, 1.165) is 19.3 Å². The van der Waals surface area contributed by atoms with Gasteiger partial charge in [-0.3, -0.25) is 14.5 Å². The zero-order valence-corrected chi connectivity index (χ0v) is 15.2. The van der Waals surface area contributed by atoms with Gasteiger partial charge < -0.3 is 5.11 Å². The summed E-state index contributed by atoms with van der Waals surface area (Å²) >= 11 is 6.13. The van der Waals surface area contributed by atoms with E-state index in [4.69, 9.17) is 21.3 Å². The van der Waals surface area contributed by atoms with Crippen LogP contribution in [0.5, 0.6) is 0 Å². The van der Waals surface area contributed by atoms with Crippen LogP contribution in [-0.2, 0) is 14.5 Å². The minimum atomic E-state index is -0.906. The molecule has 144 valence electrons. The second kappa shape index (κ2) is 7.77. The van der Waals surface area contributed by atoms with Crippen molar-refractivity contribution in [1.29, 1.82) is 0 Å². The van der Waals surface area contributed by atoms with Gasteiger partial charge >= 0.3 is 5.97 Å². The average molecular weight is 395 g/mol. The summed E-state index contributed by atoms with van der Waals surface area (Å²) in [5.41, 5.74) is 1.27. The Morgan fingerprint density at radius 1 is 1.30 bits per heavy atom. The first kappa shape index (κ1) is 18.1. The smallest absolute Gasteiger partial charge is 0.323 e. The number of anilines is 1. The van der Waals surface area contributed by atoms with E-state index < -0.39 is 12.0 Å². The minimum Gasteiger partial charge on any atom is -0.480 e. The fourth-order valence-electron chi connectivity index (χ4n) is 3.19. The van der Waals surface area contributed by atoms with Crippen LogP contribution in [0, 0.1) is 5.92 Å². The van der Waals surface area contributed by atoms with Gasteiger partial charge in [0.1, 0.15) is 12.4 Å². The highest BCUT2D eigenvalue weighted by Crippen LogP contribution is 2.33. The second-order valence-electron chi connectivity index (χ2n) is 6.59. The van der Waals surface area contributed by atoms with Gasteiger partial charge in [0.15, 0.2) is 13.5 Å². The van der Waals surface area contributed by atoms with Crippen LogP contribution in [0.1, 0.15) is 25.7 Å². The number of hydrogen-bond donors (Lipinski definition) is 1. The molecule has 2 aromatic rings. The Hall–Kier alpha value is -2.27. The largest absolute Gasteiger partial charge is 0.480 e. The molecule has 0 spiro atoms. The van der Waals surface area contributed by atoms with Crippen LogP contribution in [0.2, 0.25) is 5.02 Å².